The van der Waals surface area contributed by atoms with E-state index in [4.69, 9.17) is 10.7 Å². The Morgan fingerprint density at radius 2 is 1.17 bits per heavy atom. The zero-order valence-corrected chi connectivity index (χ0v) is 33.2. The van der Waals surface area contributed by atoms with E-state index in [-0.39, 0.29) is 5.41 Å². The molecule has 3 heteroatoms. The number of hydrogen-bond acceptors (Lipinski definition) is 3. The van der Waals surface area contributed by atoms with Crippen LogP contribution in [0.1, 0.15) is 41.7 Å². The molecule has 0 spiro atoms. The van der Waals surface area contributed by atoms with Crippen molar-refractivity contribution in [3.05, 3.63) is 228 Å². The van der Waals surface area contributed by atoms with E-state index >= 15 is 0 Å². The van der Waals surface area contributed by atoms with Gasteiger partial charge in [-0.2, -0.15) is 0 Å². The molecule has 0 atom stereocenters. The number of allylic oxidation sites excluding steroid dienone is 1. The monoisotopic (exact) mass is 757 g/mol. The van der Waals surface area contributed by atoms with Crippen LogP contribution in [0.15, 0.2) is 205 Å². The summed E-state index contributed by atoms with van der Waals surface area (Å²) >= 11 is 0. The number of pyridine rings is 1. The van der Waals surface area contributed by atoms with Gasteiger partial charge in [-0.15, -0.1) is 0 Å². The van der Waals surface area contributed by atoms with Gasteiger partial charge in [-0.1, -0.05) is 190 Å². The molecular formula is C56H43N3. The molecule has 1 aliphatic carbocycles. The van der Waals surface area contributed by atoms with E-state index in [9.17, 15) is 0 Å². The van der Waals surface area contributed by atoms with Crippen molar-refractivity contribution in [1.82, 2.24) is 4.98 Å². The molecule has 1 aromatic heterocycles. The molecule has 0 aliphatic heterocycles. The summed E-state index contributed by atoms with van der Waals surface area (Å²) in [6, 6.07) is 65.0. The van der Waals surface area contributed by atoms with Crippen LogP contribution < -0.4 is 5.73 Å². The number of aromatic nitrogens is 1. The third-order valence-electron chi connectivity index (χ3n) is 12.0. The van der Waals surface area contributed by atoms with Crippen molar-refractivity contribution in [1.29, 1.82) is 0 Å². The standard InChI is InChI=1S/C56H43N3/c1-56(2)54-46(19-10-20-50(54)51-30-29-39-14-6-7-16-45(39)55(51)56)41-25-23-40(24-26-41)44-31-32-49(48-18-9-8-17-47(44)48)52(57)34-53(59-35-37-12-4-3-5-13-37)42-27-21-38(22-28-42)43-15-11-33-58-36-43/h3-34,36H,35,57H2,1-2H3/b52-34-,59-53?. The highest BCUT2D eigenvalue weighted by molar-refractivity contribution is 6.14. The third-order valence-corrected chi connectivity index (χ3v) is 12.0. The lowest BCUT2D eigenvalue weighted by molar-refractivity contribution is 0.668. The molecule has 0 fully saturated rings. The maximum Gasteiger partial charge on any atom is 0.0671 e. The van der Waals surface area contributed by atoms with Crippen LogP contribution in [0, 0.1) is 0 Å². The number of fused-ring (bicyclic) bond motifs is 6. The van der Waals surface area contributed by atoms with Gasteiger partial charge >= 0.3 is 0 Å². The zero-order chi connectivity index (χ0) is 39.9. The third kappa shape index (κ3) is 6.51. The van der Waals surface area contributed by atoms with Crippen molar-refractivity contribution in [2.45, 2.75) is 25.8 Å². The molecule has 0 amide bonds. The molecular weight excluding hydrogens is 715 g/mol. The van der Waals surface area contributed by atoms with Crippen LogP contribution in [0.4, 0.5) is 0 Å². The fourth-order valence-corrected chi connectivity index (χ4v) is 9.19. The molecule has 59 heavy (non-hydrogen) atoms. The fraction of sp³-hybridized carbons (Fsp3) is 0.0714. The van der Waals surface area contributed by atoms with Gasteiger partial charge in [0.05, 0.1) is 12.3 Å². The number of nitrogens with zero attached hydrogens (tertiary/aromatic N) is 2. The molecule has 1 heterocycles. The topological polar surface area (TPSA) is 51.3 Å². The van der Waals surface area contributed by atoms with Crippen molar-refractivity contribution in [3.8, 4) is 44.5 Å². The summed E-state index contributed by atoms with van der Waals surface area (Å²) in [6.45, 7) is 5.31. The average molecular weight is 758 g/mol. The molecule has 0 saturated carbocycles. The predicted octanol–water partition coefficient (Wildman–Crippen LogP) is 13.7. The lowest BCUT2D eigenvalue weighted by Gasteiger charge is -2.26. The Kier molecular flexibility index (Phi) is 9.07. The van der Waals surface area contributed by atoms with Crippen molar-refractivity contribution in [2.75, 3.05) is 0 Å². The van der Waals surface area contributed by atoms with Crippen LogP contribution in [0.2, 0.25) is 0 Å². The van der Waals surface area contributed by atoms with E-state index in [1.807, 2.05) is 36.5 Å². The maximum atomic E-state index is 7.06. The number of hydrogen-bond donors (Lipinski definition) is 1. The zero-order valence-electron chi connectivity index (χ0n) is 33.2. The lowest BCUT2D eigenvalue weighted by atomic mass is 9.77. The first kappa shape index (κ1) is 36.0. The molecule has 3 nitrogen and oxygen atoms in total. The van der Waals surface area contributed by atoms with Gasteiger partial charge in [-0.25, -0.2) is 0 Å². The minimum Gasteiger partial charge on any atom is -0.398 e. The predicted molar refractivity (Wildman–Crippen MR) is 248 cm³/mol. The van der Waals surface area contributed by atoms with Crippen LogP contribution in [-0.4, -0.2) is 10.7 Å². The smallest absolute Gasteiger partial charge is 0.0671 e. The molecule has 8 aromatic carbocycles. The Morgan fingerprint density at radius 3 is 1.93 bits per heavy atom. The minimum atomic E-state index is -0.143. The second-order valence-electron chi connectivity index (χ2n) is 16.0. The highest BCUT2D eigenvalue weighted by Crippen LogP contribution is 2.54. The van der Waals surface area contributed by atoms with Crippen LogP contribution in [0.3, 0.4) is 0 Å². The van der Waals surface area contributed by atoms with Crippen LogP contribution in [-0.2, 0) is 12.0 Å². The van der Waals surface area contributed by atoms with Gasteiger partial charge in [0, 0.05) is 29.1 Å². The van der Waals surface area contributed by atoms with Crippen LogP contribution in [0.25, 0.3) is 71.7 Å². The summed E-state index contributed by atoms with van der Waals surface area (Å²) in [5, 5.41) is 4.88. The van der Waals surface area contributed by atoms with Crippen molar-refractivity contribution < 1.29 is 0 Å². The molecule has 0 unspecified atom stereocenters. The molecule has 0 radical (unpaired) electrons. The van der Waals surface area contributed by atoms with E-state index in [1.165, 1.54) is 55.3 Å². The molecule has 0 bridgehead atoms. The number of rotatable bonds is 8. The molecule has 2 N–H and O–H groups in total. The number of benzene rings is 8. The fourth-order valence-electron chi connectivity index (χ4n) is 9.19. The first-order chi connectivity index (χ1) is 28.9. The van der Waals surface area contributed by atoms with Gasteiger partial charge in [0.1, 0.15) is 0 Å². The second kappa shape index (κ2) is 14.9. The van der Waals surface area contributed by atoms with Gasteiger partial charge in [-0.3, -0.25) is 9.98 Å². The summed E-state index contributed by atoms with van der Waals surface area (Å²) < 4.78 is 0. The highest BCUT2D eigenvalue weighted by atomic mass is 14.7. The first-order valence-electron chi connectivity index (χ1n) is 20.3. The summed E-state index contributed by atoms with van der Waals surface area (Å²) in [4.78, 5) is 9.42. The maximum absolute atomic E-state index is 7.06. The van der Waals surface area contributed by atoms with Crippen molar-refractivity contribution >= 4 is 33.0 Å². The van der Waals surface area contributed by atoms with Gasteiger partial charge in [0.2, 0.25) is 0 Å². The van der Waals surface area contributed by atoms with Crippen molar-refractivity contribution in [2.24, 2.45) is 10.7 Å². The Labute approximate surface area is 345 Å². The molecule has 282 valence electrons. The molecule has 9 aromatic rings. The van der Waals surface area contributed by atoms with E-state index in [0.29, 0.717) is 12.2 Å². The van der Waals surface area contributed by atoms with E-state index in [0.717, 1.165) is 44.3 Å². The highest BCUT2D eigenvalue weighted by Gasteiger charge is 2.38. The summed E-state index contributed by atoms with van der Waals surface area (Å²) in [6.07, 6.45) is 5.71. The van der Waals surface area contributed by atoms with E-state index in [2.05, 4.69) is 177 Å². The number of nitrogens with two attached hydrogens (primary N) is 1. The van der Waals surface area contributed by atoms with Crippen LogP contribution >= 0.6 is 0 Å². The Balaban J connectivity index is 0.996. The summed E-state index contributed by atoms with van der Waals surface area (Å²) in [5.41, 5.74) is 24.1. The van der Waals surface area contributed by atoms with Crippen molar-refractivity contribution in [3.63, 3.8) is 0 Å². The normalized spacial score (nSPS) is 13.4. The SMILES string of the molecule is CC1(C)c2c(-c3ccc(-c4ccc(/C(N)=C/C(=NCc5ccccc5)c5ccc(-c6cccnc6)cc5)c5ccccc45)cc3)cccc2-c2ccc3ccccc3c21. The quantitative estimate of drug-likeness (QED) is 0.157. The molecule has 10 rings (SSSR count). The van der Waals surface area contributed by atoms with Gasteiger partial charge < -0.3 is 5.73 Å². The Hall–Kier alpha value is -7.36. The number of aliphatic imine (C=N–C) groups is 1. The van der Waals surface area contributed by atoms with Gasteiger partial charge in [0.15, 0.2) is 0 Å². The lowest BCUT2D eigenvalue weighted by Crippen LogP contribution is -2.16. The van der Waals surface area contributed by atoms with Crippen LogP contribution in [0.5, 0.6) is 0 Å². The first-order valence-corrected chi connectivity index (χ1v) is 20.3. The van der Waals surface area contributed by atoms with Gasteiger partial charge in [0.25, 0.3) is 0 Å². The molecule has 1 aliphatic rings. The van der Waals surface area contributed by atoms with Gasteiger partial charge in [-0.05, 0) is 100 Å². The average Bonchev–Trinajstić information content (AvgIpc) is 3.54. The Bertz CT molecular complexity index is 3070. The Morgan fingerprint density at radius 1 is 0.525 bits per heavy atom. The van der Waals surface area contributed by atoms with E-state index in [1.54, 1.807) is 6.20 Å². The molecule has 0 saturated heterocycles. The summed E-state index contributed by atoms with van der Waals surface area (Å²) in [5.74, 6) is 0. The second-order valence-corrected chi connectivity index (χ2v) is 16.0. The summed E-state index contributed by atoms with van der Waals surface area (Å²) in [7, 11) is 0. The van der Waals surface area contributed by atoms with E-state index < -0.39 is 0 Å². The largest absolute Gasteiger partial charge is 0.398 e. The minimum absolute atomic E-state index is 0.143.